The number of rotatable bonds is 29. The van der Waals surface area contributed by atoms with Crippen LogP contribution < -0.4 is 48.3 Å². The highest BCUT2D eigenvalue weighted by atomic mass is 16.4. The van der Waals surface area contributed by atoms with Crippen LogP contribution in [0.4, 0.5) is 0 Å². The number of hydrogen-bond acceptors (Lipinski definition) is 13. The second kappa shape index (κ2) is 27.8. The highest BCUT2D eigenvalue weighted by Crippen LogP contribution is 2.10. The number of nitrogens with two attached hydrogens (primary N) is 1. The highest BCUT2D eigenvalue weighted by molar-refractivity contribution is 5.97. The van der Waals surface area contributed by atoms with Gasteiger partial charge in [-0.3, -0.25) is 52.7 Å². The van der Waals surface area contributed by atoms with Crippen LogP contribution in [0.1, 0.15) is 78.7 Å². The fourth-order valence-corrected chi connectivity index (χ4v) is 5.68. The summed E-state index contributed by atoms with van der Waals surface area (Å²) in [5.41, 5.74) is 6.00. The molecule has 0 aromatic heterocycles. The molecule has 25 heteroatoms. The van der Waals surface area contributed by atoms with Crippen molar-refractivity contribution in [3.05, 3.63) is 35.9 Å². The number of amides is 8. The van der Waals surface area contributed by atoms with Crippen molar-refractivity contribution >= 4 is 71.1 Å². The van der Waals surface area contributed by atoms with Gasteiger partial charge in [0.1, 0.15) is 42.3 Å². The third kappa shape index (κ3) is 22.1. The zero-order chi connectivity index (χ0) is 49.6. The molecule has 8 amide bonds. The first-order chi connectivity index (χ1) is 30.3. The topological polar surface area (TPSA) is 408 Å². The molecule has 0 unspecified atom stereocenters. The maximum atomic E-state index is 13.8. The van der Waals surface area contributed by atoms with E-state index in [1.807, 2.05) is 5.32 Å². The molecular weight excluding hydrogens is 862 g/mol. The highest BCUT2D eigenvalue weighted by Gasteiger charge is 2.33. The third-order valence-corrected chi connectivity index (χ3v) is 9.17. The van der Waals surface area contributed by atoms with Crippen LogP contribution in [0.25, 0.3) is 0 Å². The quantitative estimate of drug-likeness (QED) is 0.0370. The smallest absolute Gasteiger partial charge is 0.326 e. The Kier molecular flexibility index (Phi) is 23.9. The molecule has 0 aliphatic rings. The number of hydrogen-bond donors (Lipinski definition) is 13. The first-order valence-electron chi connectivity index (χ1n) is 20.4. The Labute approximate surface area is 373 Å². The minimum absolute atomic E-state index is 0.00154. The van der Waals surface area contributed by atoms with Gasteiger partial charge in [-0.2, -0.15) is 0 Å². The van der Waals surface area contributed by atoms with Crippen molar-refractivity contribution in [2.75, 3.05) is 6.54 Å². The van der Waals surface area contributed by atoms with Gasteiger partial charge >= 0.3 is 23.9 Å². The Morgan fingerprint density at radius 2 is 0.954 bits per heavy atom. The number of nitrogens with one attached hydrogen (secondary N) is 8. The fourth-order valence-electron chi connectivity index (χ4n) is 5.68. The van der Waals surface area contributed by atoms with E-state index in [9.17, 15) is 67.7 Å². The lowest BCUT2D eigenvalue weighted by Crippen LogP contribution is -2.59. The molecule has 0 radical (unpaired) electrons. The van der Waals surface area contributed by atoms with E-state index >= 15 is 0 Å². The van der Waals surface area contributed by atoms with E-state index in [1.54, 1.807) is 44.2 Å². The molecule has 0 saturated heterocycles. The molecule has 360 valence electrons. The summed E-state index contributed by atoms with van der Waals surface area (Å²) in [5.74, 6) is -13.6. The van der Waals surface area contributed by atoms with Gasteiger partial charge in [-0.25, -0.2) is 4.79 Å². The monoisotopic (exact) mass is 921 g/mol. The largest absolute Gasteiger partial charge is 0.481 e. The van der Waals surface area contributed by atoms with Crippen LogP contribution in [0, 0.1) is 5.92 Å². The van der Waals surface area contributed by atoms with E-state index in [0.29, 0.717) is 5.56 Å². The molecule has 8 atom stereocenters. The van der Waals surface area contributed by atoms with Gasteiger partial charge in [0.05, 0.1) is 19.0 Å². The number of carboxylic acids is 4. The maximum Gasteiger partial charge on any atom is 0.326 e. The summed E-state index contributed by atoms with van der Waals surface area (Å²) < 4.78 is 0. The van der Waals surface area contributed by atoms with E-state index in [0.717, 1.165) is 0 Å². The predicted molar refractivity (Wildman–Crippen MR) is 225 cm³/mol. The number of carboxylic acid groups (broad SMARTS) is 4. The van der Waals surface area contributed by atoms with E-state index < -0.39 is 158 Å². The molecule has 1 aromatic carbocycles. The van der Waals surface area contributed by atoms with Crippen LogP contribution in [0.2, 0.25) is 0 Å². The van der Waals surface area contributed by atoms with Crippen molar-refractivity contribution in [3.8, 4) is 0 Å². The van der Waals surface area contributed by atoms with Gasteiger partial charge in [-0.1, -0.05) is 44.2 Å². The van der Waals surface area contributed by atoms with Crippen molar-refractivity contribution in [3.63, 3.8) is 0 Å². The zero-order valence-electron chi connectivity index (χ0n) is 36.5. The minimum atomic E-state index is -1.93. The molecule has 14 N–H and O–H groups in total. The SMILES string of the molecule is CC(C)C[C@H](NC(=O)CNC(=O)[C@H](C)NC(=O)[C@H](CCC(=O)O)NC(=O)[C@H](C)NC(=O)[C@H](C)N)C(=O)N[C@@H](Cc1ccccc1)C(=O)N[C@@H](CCC(=O)O)C(=O)N[C@@H](CC(=O)O)C(=O)O. The van der Waals surface area contributed by atoms with Crippen molar-refractivity contribution in [1.29, 1.82) is 0 Å². The van der Waals surface area contributed by atoms with E-state index in [-0.39, 0.29) is 18.8 Å². The maximum absolute atomic E-state index is 13.8. The molecule has 25 nitrogen and oxygen atoms in total. The number of carbonyl (C=O) groups is 12. The Balaban J connectivity index is 3.18. The normalized spacial score (nSPS) is 14.5. The van der Waals surface area contributed by atoms with Crippen LogP contribution in [0.15, 0.2) is 30.3 Å². The number of benzene rings is 1. The van der Waals surface area contributed by atoms with Gasteiger partial charge < -0.3 is 68.7 Å². The van der Waals surface area contributed by atoms with Crippen LogP contribution in [-0.4, -0.2) is 146 Å². The van der Waals surface area contributed by atoms with Crippen molar-refractivity contribution in [1.82, 2.24) is 42.5 Å². The van der Waals surface area contributed by atoms with Crippen LogP contribution in [0.3, 0.4) is 0 Å². The molecule has 1 rings (SSSR count). The van der Waals surface area contributed by atoms with E-state index in [1.165, 1.54) is 20.8 Å². The van der Waals surface area contributed by atoms with Gasteiger partial charge in [0.2, 0.25) is 47.3 Å². The Hall–Kier alpha value is -7.18. The Morgan fingerprint density at radius 1 is 0.508 bits per heavy atom. The molecule has 0 spiro atoms. The first kappa shape index (κ1) is 55.8. The summed E-state index contributed by atoms with van der Waals surface area (Å²) >= 11 is 0. The second-order valence-electron chi connectivity index (χ2n) is 15.5. The molecule has 0 fully saturated rings. The minimum Gasteiger partial charge on any atom is -0.481 e. The first-order valence-corrected chi connectivity index (χ1v) is 20.4. The average Bonchev–Trinajstić information content (AvgIpc) is 3.21. The molecule has 0 aliphatic carbocycles. The molecule has 0 saturated carbocycles. The molecule has 0 bridgehead atoms. The van der Waals surface area contributed by atoms with Crippen molar-refractivity contribution < 1.29 is 78.0 Å². The number of aliphatic carboxylic acids is 4. The van der Waals surface area contributed by atoms with Crippen molar-refractivity contribution in [2.45, 2.75) is 128 Å². The Bertz CT molecular complexity index is 1890. The Morgan fingerprint density at radius 3 is 1.45 bits per heavy atom. The fraction of sp³-hybridized carbons (Fsp3) is 0.550. The third-order valence-electron chi connectivity index (χ3n) is 9.17. The lowest BCUT2D eigenvalue weighted by atomic mass is 10.0. The standard InChI is InChI=1S/C40H59N9O16/c1-19(2)15-26(45-29(50)18-42-34(58)21(4)44-36(60)24(11-13-30(51)52)46-35(59)22(5)43-33(57)20(3)41)38(62)48-27(16-23-9-7-6-8-10-23)39(63)47-25(12-14-31(53)54)37(61)49-28(40(64)65)17-32(55)56/h6-10,19-22,24-28H,11-18,41H2,1-5H3,(H,42,58)(H,43,57)(H,44,60)(H,45,50)(H,46,59)(H,47,63)(H,48,62)(H,49,61)(H,51,52)(H,53,54)(H,55,56)(H,64,65)/t20-,21-,22-,24-,25-,26-,27-,28-/m0/s1. The van der Waals surface area contributed by atoms with Gasteiger partial charge in [-0.05, 0) is 51.5 Å². The van der Waals surface area contributed by atoms with Crippen molar-refractivity contribution in [2.24, 2.45) is 11.7 Å². The lowest BCUT2D eigenvalue weighted by molar-refractivity contribution is -0.147. The molecule has 1 aromatic rings. The molecule has 0 heterocycles. The predicted octanol–water partition coefficient (Wildman–Crippen LogP) is -3.54. The van der Waals surface area contributed by atoms with E-state index in [2.05, 4.69) is 37.2 Å². The molecule has 0 aliphatic heterocycles. The summed E-state index contributed by atoms with van der Waals surface area (Å²) in [6, 6.07) is -3.22. The summed E-state index contributed by atoms with van der Waals surface area (Å²) in [4.78, 5) is 150. The zero-order valence-corrected chi connectivity index (χ0v) is 36.5. The van der Waals surface area contributed by atoms with Crippen LogP contribution in [0.5, 0.6) is 0 Å². The molecule has 65 heavy (non-hydrogen) atoms. The number of carbonyl (C=O) groups excluding carboxylic acids is 8. The van der Waals surface area contributed by atoms with Gasteiger partial charge in [0.15, 0.2) is 0 Å². The summed E-state index contributed by atoms with van der Waals surface area (Å²) in [6.07, 6.45) is -3.43. The summed E-state index contributed by atoms with van der Waals surface area (Å²) in [7, 11) is 0. The average molecular weight is 922 g/mol. The molecular formula is C40H59N9O16. The summed E-state index contributed by atoms with van der Waals surface area (Å²) in [5, 5.41) is 55.4. The van der Waals surface area contributed by atoms with Gasteiger partial charge in [0, 0.05) is 19.3 Å². The second-order valence-corrected chi connectivity index (χ2v) is 15.5. The van der Waals surface area contributed by atoms with Gasteiger partial charge in [-0.15, -0.1) is 0 Å². The van der Waals surface area contributed by atoms with E-state index in [4.69, 9.17) is 15.9 Å². The van der Waals surface area contributed by atoms with Crippen LogP contribution >= 0.6 is 0 Å². The van der Waals surface area contributed by atoms with Gasteiger partial charge in [0.25, 0.3) is 0 Å². The van der Waals surface area contributed by atoms with Crippen LogP contribution in [-0.2, 0) is 64.0 Å². The summed E-state index contributed by atoms with van der Waals surface area (Å²) in [6.45, 7) is 6.62. The lowest BCUT2D eigenvalue weighted by Gasteiger charge is -2.26.